The Morgan fingerprint density at radius 1 is 1.44 bits per heavy atom. The lowest BCUT2D eigenvalue weighted by Crippen LogP contribution is -2.41. The Morgan fingerprint density at radius 2 is 2.00 bits per heavy atom. The van der Waals surface area contributed by atoms with Gasteiger partial charge in [0.25, 0.3) is 0 Å². The van der Waals surface area contributed by atoms with Gasteiger partial charge >= 0.3 is 0 Å². The van der Waals surface area contributed by atoms with Crippen LogP contribution in [0.1, 0.15) is 31.9 Å². The van der Waals surface area contributed by atoms with Crippen molar-refractivity contribution >= 4 is 5.91 Å². The fourth-order valence-electron chi connectivity index (χ4n) is 1.34. The zero-order chi connectivity index (χ0) is 12.1. The molecule has 0 saturated carbocycles. The van der Waals surface area contributed by atoms with Crippen molar-refractivity contribution in [3.63, 3.8) is 0 Å². The minimum atomic E-state index is -0.483. The minimum absolute atomic E-state index is 0.161. The lowest BCUT2D eigenvalue weighted by molar-refractivity contribution is -0.123. The van der Waals surface area contributed by atoms with Gasteiger partial charge in [0.15, 0.2) is 0 Å². The van der Waals surface area contributed by atoms with Crippen LogP contribution in [0.3, 0.4) is 0 Å². The second kappa shape index (κ2) is 5.61. The SMILES string of the molecule is CCC(N)C(=O)N[C@@H](C)c1ccc(F)cc1. The Bertz CT molecular complexity index is 351. The van der Waals surface area contributed by atoms with Crippen molar-refractivity contribution in [1.82, 2.24) is 5.32 Å². The molecule has 0 heterocycles. The predicted octanol–water partition coefficient (Wildman–Crippen LogP) is 1.74. The summed E-state index contributed by atoms with van der Waals surface area (Å²) in [6.07, 6.45) is 0.599. The molecule has 0 fully saturated rings. The van der Waals surface area contributed by atoms with Gasteiger partial charge in [0.05, 0.1) is 12.1 Å². The third kappa shape index (κ3) is 3.31. The van der Waals surface area contributed by atoms with E-state index in [4.69, 9.17) is 5.73 Å². The molecule has 2 atom stereocenters. The van der Waals surface area contributed by atoms with Crippen LogP contribution in [0.15, 0.2) is 24.3 Å². The molecule has 0 bridgehead atoms. The fourth-order valence-corrected chi connectivity index (χ4v) is 1.34. The maximum absolute atomic E-state index is 12.7. The second-order valence-corrected chi connectivity index (χ2v) is 3.80. The maximum Gasteiger partial charge on any atom is 0.237 e. The first-order chi connectivity index (χ1) is 7.54. The van der Waals surface area contributed by atoms with E-state index in [0.717, 1.165) is 5.56 Å². The minimum Gasteiger partial charge on any atom is -0.348 e. The first kappa shape index (κ1) is 12.6. The Kier molecular flexibility index (Phi) is 4.43. The van der Waals surface area contributed by atoms with Crippen LogP contribution in [0.25, 0.3) is 0 Å². The number of benzene rings is 1. The molecule has 0 spiro atoms. The normalized spacial score (nSPS) is 14.2. The Hall–Kier alpha value is -1.42. The summed E-state index contributed by atoms with van der Waals surface area (Å²) >= 11 is 0. The summed E-state index contributed by atoms with van der Waals surface area (Å²) in [5.74, 6) is -0.466. The smallest absolute Gasteiger partial charge is 0.237 e. The molecule has 1 aromatic rings. The molecule has 1 unspecified atom stereocenters. The van der Waals surface area contributed by atoms with Gasteiger partial charge in [-0.05, 0) is 31.0 Å². The van der Waals surface area contributed by atoms with Gasteiger partial charge in [-0.15, -0.1) is 0 Å². The zero-order valence-electron chi connectivity index (χ0n) is 9.53. The number of nitrogens with one attached hydrogen (secondary N) is 1. The Balaban J connectivity index is 2.62. The fraction of sp³-hybridized carbons (Fsp3) is 0.417. The van der Waals surface area contributed by atoms with Crippen molar-refractivity contribution in [1.29, 1.82) is 0 Å². The summed E-state index contributed by atoms with van der Waals surface area (Å²) in [7, 11) is 0. The highest BCUT2D eigenvalue weighted by atomic mass is 19.1. The Labute approximate surface area is 94.8 Å². The van der Waals surface area contributed by atoms with E-state index in [9.17, 15) is 9.18 Å². The van der Waals surface area contributed by atoms with Crippen molar-refractivity contribution < 1.29 is 9.18 Å². The maximum atomic E-state index is 12.7. The summed E-state index contributed by atoms with van der Waals surface area (Å²) in [4.78, 5) is 11.5. The highest BCUT2D eigenvalue weighted by molar-refractivity contribution is 5.81. The third-order valence-corrected chi connectivity index (χ3v) is 2.51. The largest absolute Gasteiger partial charge is 0.348 e. The monoisotopic (exact) mass is 224 g/mol. The van der Waals surface area contributed by atoms with Gasteiger partial charge in [-0.1, -0.05) is 19.1 Å². The van der Waals surface area contributed by atoms with Crippen LogP contribution < -0.4 is 11.1 Å². The highest BCUT2D eigenvalue weighted by Gasteiger charge is 2.14. The number of carbonyl (C=O) groups excluding carboxylic acids is 1. The number of amides is 1. The summed E-state index contributed by atoms with van der Waals surface area (Å²) in [5, 5.41) is 2.78. The van der Waals surface area contributed by atoms with Gasteiger partial charge in [0.1, 0.15) is 5.82 Å². The topological polar surface area (TPSA) is 55.1 Å². The highest BCUT2D eigenvalue weighted by Crippen LogP contribution is 2.12. The van der Waals surface area contributed by atoms with Crippen molar-refractivity contribution in [3.8, 4) is 0 Å². The van der Waals surface area contributed by atoms with Crippen molar-refractivity contribution in [2.45, 2.75) is 32.4 Å². The molecule has 0 aromatic heterocycles. The van der Waals surface area contributed by atoms with Gasteiger partial charge in [-0.25, -0.2) is 4.39 Å². The first-order valence-corrected chi connectivity index (χ1v) is 5.36. The summed E-state index contributed by atoms with van der Waals surface area (Å²) < 4.78 is 12.7. The number of hydrogen-bond donors (Lipinski definition) is 2. The molecule has 1 amide bonds. The van der Waals surface area contributed by atoms with E-state index in [1.165, 1.54) is 12.1 Å². The van der Waals surface area contributed by atoms with E-state index in [-0.39, 0.29) is 17.8 Å². The van der Waals surface area contributed by atoms with Gasteiger partial charge in [-0.2, -0.15) is 0 Å². The predicted molar refractivity (Wildman–Crippen MR) is 61.2 cm³/mol. The molecule has 1 aromatic carbocycles. The van der Waals surface area contributed by atoms with E-state index >= 15 is 0 Å². The number of rotatable bonds is 4. The summed E-state index contributed by atoms with van der Waals surface area (Å²) in [6.45, 7) is 3.69. The van der Waals surface area contributed by atoms with Gasteiger partial charge in [0, 0.05) is 0 Å². The standard InChI is InChI=1S/C12H17FN2O/c1-3-11(14)12(16)15-8(2)9-4-6-10(13)7-5-9/h4-8,11H,3,14H2,1-2H3,(H,15,16)/t8-,11?/m0/s1. The third-order valence-electron chi connectivity index (χ3n) is 2.51. The van der Waals surface area contributed by atoms with Crippen molar-refractivity contribution in [2.75, 3.05) is 0 Å². The lowest BCUT2D eigenvalue weighted by Gasteiger charge is -2.17. The van der Waals surface area contributed by atoms with E-state index in [1.807, 2.05) is 13.8 Å². The van der Waals surface area contributed by atoms with Crippen LogP contribution in [-0.2, 0) is 4.79 Å². The first-order valence-electron chi connectivity index (χ1n) is 5.36. The van der Waals surface area contributed by atoms with E-state index in [2.05, 4.69) is 5.32 Å². The molecule has 0 aliphatic carbocycles. The van der Waals surface area contributed by atoms with Crippen LogP contribution in [0, 0.1) is 5.82 Å². The van der Waals surface area contributed by atoms with Gasteiger partial charge < -0.3 is 11.1 Å². The van der Waals surface area contributed by atoms with E-state index in [0.29, 0.717) is 6.42 Å². The van der Waals surface area contributed by atoms with Gasteiger partial charge in [-0.3, -0.25) is 4.79 Å². The van der Waals surface area contributed by atoms with Crippen molar-refractivity contribution in [3.05, 3.63) is 35.6 Å². The molecule has 0 saturated heterocycles. The summed E-state index contributed by atoms with van der Waals surface area (Å²) in [5.41, 5.74) is 6.45. The van der Waals surface area contributed by atoms with Crippen LogP contribution in [0.2, 0.25) is 0 Å². The number of nitrogens with two attached hydrogens (primary N) is 1. The molecule has 0 aliphatic heterocycles. The van der Waals surface area contributed by atoms with Crippen LogP contribution in [-0.4, -0.2) is 11.9 Å². The average molecular weight is 224 g/mol. The molecule has 0 aliphatic rings. The van der Waals surface area contributed by atoms with Crippen LogP contribution >= 0.6 is 0 Å². The van der Waals surface area contributed by atoms with Gasteiger partial charge in [0.2, 0.25) is 5.91 Å². The van der Waals surface area contributed by atoms with Crippen LogP contribution in [0.4, 0.5) is 4.39 Å². The average Bonchev–Trinajstić information content (AvgIpc) is 2.28. The quantitative estimate of drug-likeness (QED) is 0.818. The lowest BCUT2D eigenvalue weighted by atomic mass is 10.1. The molecular weight excluding hydrogens is 207 g/mol. The number of carbonyl (C=O) groups is 1. The van der Waals surface area contributed by atoms with Crippen molar-refractivity contribution in [2.24, 2.45) is 5.73 Å². The van der Waals surface area contributed by atoms with Crippen LogP contribution in [0.5, 0.6) is 0 Å². The molecule has 88 valence electrons. The molecule has 0 radical (unpaired) electrons. The van der Waals surface area contributed by atoms with E-state index < -0.39 is 6.04 Å². The molecular formula is C12H17FN2O. The summed E-state index contributed by atoms with van der Waals surface area (Å²) in [6, 6.07) is 5.40. The van der Waals surface area contributed by atoms with E-state index in [1.54, 1.807) is 12.1 Å². The number of halogens is 1. The molecule has 3 nitrogen and oxygen atoms in total. The Morgan fingerprint density at radius 3 is 2.50 bits per heavy atom. The molecule has 4 heteroatoms. The molecule has 16 heavy (non-hydrogen) atoms. The molecule has 1 rings (SSSR count). The molecule has 3 N–H and O–H groups in total. The zero-order valence-corrected chi connectivity index (χ0v) is 9.53. The second-order valence-electron chi connectivity index (χ2n) is 3.80. The number of hydrogen-bond acceptors (Lipinski definition) is 2.